The van der Waals surface area contributed by atoms with E-state index in [-0.39, 0.29) is 30.1 Å². The second-order valence-electron chi connectivity index (χ2n) is 13.3. The van der Waals surface area contributed by atoms with E-state index in [1.165, 1.54) is 0 Å². The van der Waals surface area contributed by atoms with Crippen LogP contribution in [0.25, 0.3) is 33.5 Å². The third-order valence-corrected chi connectivity index (χ3v) is 8.98. The number of fused-ring (bicyclic) bond motifs is 3. The number of hydrogen-bond acceptors (Lipinski definition) is 12. The molecule has 15 heteroatoms. The number of ether oxygens (including phenoxy) is 3. The smallest absolute Gasteiger partial charge is 0.306 e. The maximum Gasteiger partial charge on any atom is 0.306 e. The molecule has 4 aromatic heterocycles. The lowest BCUT2D eigenvalue weighted by atomic mass is 9.93. The molecule has 1 saturated heterocycles. The van der Waals surface area contributed by atoms with Gasteiger partial charge in [-0.2, -0.15) is 10.2 Å². The van der Waals surface area contributed by atoms with E-state index in [1.807, 2.05) is 30.5 Å². The average molecular weight is 684 g/mol. The van der Waals surface area contributed by atoms with Gasteiger partial charge in [-0.1, -0.05) is 0 Å². The predicted molar refractivity (Wildman–Crippen MR) is 185 cm³/mol. The second kappa shape index (κ2) is 13.9. The summed E-state index contributed by atoms with van der Waals surface area (Å²) in [5.74, 6) is 0.862. The molecule has 0 aliphatic carbocycles. The van der Waals surface area contributed by atoms with Crippen molar-refractivity contribution in [3.8, 4) is 28.4 Å². The third-order valence-electron chi connectivity index (χ3n) is 8.98. The van der Waals surface area contributed by atoms with Gasteiger partial charge < -0.3 is 34.9 Å². The van der Waals surface area contributed by atoms with Crippen LogP contribution in [0.2, 0.25) is 0 Å². The molecule has 1 amide bonds. The van der Waals surface area contributed by atoms with E-state index < -0.39 is 5.60 Å². The molecule has 2 aliphatic heterocycles. The number of esters is 1. The molecule has 5 aromatic rings. The highest BCUT2D eigenvalue weighted by Crippen LogP contribution is 2.38. The molecule has 1 aromatic carbocycles. The van der Waals surface area contributed by atoms with Crippen LogP contribution in [-0.2, 0) is 9.53 Å². The van der Waals surface area contributed by atoms with Gasteiger partial charge in [0.05, 0.1) is 46.8 Å². The first-order valence-electron chi connectivity index (χ1n) is 16.8. The van der Waals surface area contributed by atoms with Gasteiger partial charge in [-0.3, -0.25) is 14.6 Å². The number of nitrogens with one attached hydrogen (secondary N) is 2. The average Bonchev–Trinajstić information content (AvgIpc) is 3.72. The quantitative estimate of drug-likeness (QED) is 0.174. The van der Waals surface area contributed by atoms with Crippen molar-refractivity contribution in [2.75, 3.05) is 58.4 Å². The Morgan fingerprint density at radius 1 is 1.16 bits per heavy atom. The summed E-state index contributed by atoms with van der Waals surface area (Å²) in [4.78, 5) is 37.4. The number of benzene rings is 1. The second-order valence-corrected chi connectivity index (χ2v) is 13.3. The van der Waals surface area contributed by atoms with Crippen LogP contribution in [0, 0.1) is 5.92 Å². The number of aliphatic hydroxyl groups is 1. The number of methoxy groups -OCH3 is 1. The molecule has 0 spiro atoms. The lowest BCUT2D eigenvalue weighted by molar-refractivity contribution is -0.151. The van der Waals surface area contributed by atoms with E-state index in [4.69, 9.17) is 24.3 Å². The van der Waals surface area contributed by atoms with Crippen molar-refractivity contribution in [3.05, 3.63) is 54.7 Å². The fourth-order valence-electron chi connectivity index (χ4n) is 6.38. The van der Waals surface area contributed by atoms with Gasteiger partial charge in [-0.15, -0.1) is 0 Å². The van der Waals surface area contributed by atoms with Gasteiger partial charge in [0.1, 0.15) is 30.4 Å². The number of likely N-dealkylation sites (tertiary alicyclic amines) is 1. The maximum absolute atomic E-state index is 13.7. The van der Waals surface area contributed by atoms with Crippen LogP contribution in [0.15, 0.2) is 49.1 Å². The molecule has 0 saturated carbocycles. The number of pyridine rings is 1. The summed E-state index contributed by atoms with van der Waals surface area (Å²) in [6.07, 6.45) is 8.97. The Morgan fingerprint density at radius 2 is 2.00 bits per heavy atom. The number of carbonyl (C=O) groups excluding carboxylic acids is 2. The Balaban J connectivity index is 1.10. The van der Waals surface area contributed by atoms with E-state index in [1.54, 1.807) is 48.7 Å². The maximum atomic E-state index is 13.7. The van der Waals surface area contributed by atoms with Crippen molar-refractivity contribution in [1.82, 2.24) is 39.6 Å². The summed E-state index contributed by atoms with van der Waals surface area (Å²) < 4.78 is 20.3. The van der Waals surface area contributed by atoms with Crippen molar-refractivity contribution < 1.29 is 28.9 Å². The number of anilines is 1. The molecular weight excluding hydrogens is 642 g/mol. The number of amides is 1. The summed E-state index contributed by atoms with van der Waals surface area (Å²) in [5, 5.41) is 26.0. The van der Waals surface area contributed by atoms with Crippen molar-refractivity contribution in [2.24, 2.45) is 5.92 Å². The van der Waals surface area contributed by atoms with E-state index in [0.29, 0.717) is 72.1 Å². The van der Waals surface area contributed by atoms with Crippen molar-refractivity contribution in [1.29, 1.82) is 0 Å². The summed E-state index contributed by atoms with van der Waals surface area (Å²) in [7, 11) is 1.60. The number of carbonyl (C=O) groups is 2. The first-order chi connectivity index (χ1) is 24.2. The minimum Gasteiger partial charge on any atom is -0.494 e. The highest BCUT2D eigenvalue weighted by atomic mass is 16.5. The van der Waals surface area contributed by atoms with Crippen LogP contribution in [0.1, 0.15) is 43.6 Å². The Labute approximate surface area is 288 Å². The van der Waals surface area contributed by atoms with Gasteiger partial charge in [0, 0.05) is 56.8 Å². The first kappa shape index (κ1) is 33.2. The molecule has 50 heavy (non-hydrogen) atoms. The predicted octanol–water partition coefficient (Wildman–Crippen LogP) is 3.09. The monoisotopic (exact) mass is 683 g/mol. The largest absolute Gasteiger partial charge is 0.494 e. The number of hydrogen-bond donors (Lipinski definition) is 3. The first-order valence-corrected chi connectivity index (χ1v) is 16.8. The van der Waals surface area contributed by atoms with Gasteiger partial charge in [-0.05, 0) is 57.8 Å². The summed E-state index contributed by atoms with van der Waals surface area (Å²) >= 11 is 0. The molecular formula is C35H41N9O6. The van der Waals surface area contributed by atoms with Gasteiger partial charge >= 0.3 is 5.97 Å². The van der Waals surface area contributed by atoms with Crippen LogP contribution >= 0.6 is 0 Å². The molecule has 0 unspecified atom stereocenters. The van der Waals surface area contributed by atoms with E-state index in [0.717, 1.165) is 37.2 Å². The molecule has 262 valence electrons. The topological polar surface area (TPSA) is 170 Å². The van der Waals surface area contributed by atoms with Crippen molar-refractivity contribution >= 4 is 34.1 Å². The minimum atomic E-state index is -1.04. The van der Waals surface area contributed by atoms with Crippen molar-refractivity contribution in [3.63, 3.8) is 0 Å². The van der Waals surface area contributed by atoms with Gasteiger partial charge in [0.2, 0.25) is 0 Å². The molecule has 0 bridgehead atoms. The Morgan fingerprint density at radius 3 is 2.80 bits per heavy atom. The van der Waals surface area contributed by atoms with Crippen LogP contribution in [0.3, 0.4) is 0 Å². The zero-order valence-electron chi connectivity index (χ0n) is 28.4. The van der Waals surface area contributed by atoms with E-state index in [9.17, 15) is 14.7 Å². The Hall–Kier alpha value is -5.28. The molecule has 0 radical (unpaired) electrons. The zero-order valence-corrected chi connectivity index (χ0v) is 28.4. The zero-order chi connectivity index (χ0) is 34.8. The van der Waals surface area contributed by atoms with Crippen molar-refractivity contribution in [2.45, 2.75) is 38.7 Å². The molecule has 7 rings (SSSR count). The number of aromatic nitrogens is 6. The lowest BCUT2D eigenvalue weighted by Gasteiger charge is -2.31. The summed E-state index contributed by atoms with van der Waals surface area (Å²) in [5.41, 5.74) is 3.31. The fourth-order valence-corrected chi connectivity index (χ4v) is 6.38. The lowest BCUT2D eigenvalue weighted by Crippen LogP contribution is -2.40. The molecule has 3 N–H and O–H groups in total. The standard InChI is InChI=1S/C35H41N9O6/c1-35(2,47)21-50-31(45)15-22-5-11-42(12-6-22)13-8-38-34(46)32-24-19-39-25(23-20-40-43-10-4-7-37-33(23)43)16-27(24)44(41-32)28-18-29-26(17-30(28)48-3)36-9-14-49-29/h4,7,10,16-20,22,36,47H,5-6,8-9,11-15,21H2,1-3H3,(H,38,46). The molecule has 1 fully saturated rings. The molecule has 6 heterocycles. The molecule has 15 nitrogen and oxygen atoms in total. The Kier molecular flexibility index (Phi) is 9.25. The van der Waals surface area contributed by atoms with Crippen LogP contribution in [-0.4, -0.2) is 110 Å². The number of rotatable bonds is 11. The van der Waals surface area contributed by atoms with Crippen LogP contribution in [0.4, 0.5) is 5.69 Å². The van der Waals surface area contributed by atoms with Crippen LogP contribution < -0.4 is 20.1 Å². The molecule has 2 aliphatic rings. The van der Waals surface area contributed by atoms with E-state index >= 15 is 0 Å². The minimum absolute atomic E-state index is 0.0125. The third kappa shape index (κ3) is 7.05. The fraction of sp³-hybridized carbons (Fsp3) is 0.429. The summed E-state index contributed by atoms with van der Waals surface area (Å²) in [6, 6.07) is 7.42. The summed E-state index contributed by atoms with van der Waals surface area (Å²) in [6.45, 7) is 7.13. The molecule has 0 atom stereocenters. The normalized spacial score (nSPS) is 15.4. The van der Waals surface area contributed by atoms with Crippen LogP contribution in [0.5, 0.6) is 11.5 Å². The highest BCUT2D eigenvalue weighted by Gasteiger charge is 2.26. The Bertz CT molecular complexity index is 2030. The number of nitrogens with zero attached hydrogens (tertiary/aromatic N) is 7. The van der Waals surface area contributed by atoms with Gasteiger partial charge in [-0.25, -0.2) is 14.2 Å². The highest BCUT2D eigenvalue weighted by molar-refractivity contribution is 6.05. The van der Waals surface area contributed by atoms with Gasteiger partial charge in [0.15, 0.2) is 11.3 Å². The van der Waals surface area contributed by atoms with Gasteiger partial charge in [0.25, 0.3) is 5.91 Å². The van der Waals surface area contributed by atoms with E-state index in [2.05, 4.69) is 25.6 Å². The SMILES string of the molecule is COc1cc2c(cc1-n1nc(C(=O)NCCN3CCC(CC(=O)OCC(C)(C)O)CC3)c3cnc(-c4cnn5cccnc45)cc31)OCCN2. The number of piperidine rings is 1.